The van der Waals surface area contributed by atoms with Crippen molar-refractivity contribution in [3.63, 3.8) is 0 Å². The summed E-state index contributed by atoms with van der Waals surface area (Å²) in [5.41, 5.74) is 0.878. The highest BCUT2D eigenvalue weighted by atomic mass is 35.5. The van der Waals surface area contributed by atoms with Crippen molar-refractivity contribution >= 4 is 11.6 Å². The lowest BCUT2D eigenvalue weighted by Crippen LogP contribution is -2.24. The molecule has 2 rings (SSSR count). The summed E-state index contributed by atoms with van der Waals surface area (Å²) >= 11 is 5.75. The van der Waals surface area contributed by atoms with E-state index in [0.717, 1.165) is 17.4 Å². The van der Waals surface area contributed by atoms with Crippen molar-refractivity contribution < 1.29 is 4.74 Å². The molecular weight excluding hydrogens is 222 g/mol. The molecule has 1 aliphatic rings. The molecule has 16 heavy (non-hydrogen) atoms. The van der Waals surface area contributed by atoms with E-state index in [1.54, 1.807) is 6.20 Å². The summed E-state index contributed by atoms with van der Waals surface area (Å²) in [5.74, 6) is 2.14. The number of alkyl halides is 1. The SMILES string of the molecule is CC1CCCC(Oc2ccnc(CCl)c2)C1. The third-order valence-electron chi connectivity index (χ3n) is 3.12. The van der Waals surface area contributed by atoms with E-state index in [0.29, 0.717) is 12.0 Å². The Hall–Kier alpha value is -0.760. The van der Waals surface area contributed by atoms with E-state index in [9.17, 15) is 0 Å². The third kappa shape index (κ3) is 3.11. The van der Waals surface area contributed by atoms with Gasteiger partial charge in [-0.25, -0.2) is 0 Å². The maximum absolute atomic E-state index is 5.97. The van der Waals surface area contributed by atoms with Crippen LogP contribution in [0.1, 0.15) is 38.3 Å². The molecule has 3 heteroatoms. The second-order valence-corrected chi connectivity index (χ2v) is 4.90. The van der Waals surface area contributed by atoms with Gasteiger partial charge in [-0.3, -0.25) is 4.98 Å². The van der Waals surface area contributed by atoms with Gasteiger partial charge in [0.2, 0.25) is 0 Å². The van der Waals surface area contributed by atoms with Crippen LogP contribution >= 0.6 is 11.6 Å². The van der Waals surface area contributed by atoms with E-state index in [1.165, 1.54) is 25.7 Å². The topological polar surface area (TPSA) is 22.1 Å². The number of ether oxygens (including phenoxy) is 1. The third-order valence-corrected chi connectivity index (χ3v) is 3.39. The van der Waals surface area contributed by atoms with E-state index < -0.39 is 0 Å². The summed E-state index contributed by atoms with van der Waals surface area (Å²) in [6, 6.07) is 3.85. The van der Waals surface area contributed by atoms with Gasteiger partial charge < -0.3 is 4.74 Å². The van der Waals surface area contributed by atoms with Crippen LogP contribution in [0.2, 0.25) is 0 Å². The molecule has 0 aromatic carbocycles. The van der Waals surface area contributed by atoms with Crippen LogP contribution in [0, 0.1) is 5.92 Å². The Bertz CT molecular complexity index is 342. The average molecular weight is 240 g/mol. The van der Waals surface area contributed by atoms with Gasteiger partial charge in [0.15, 0.2) is 0 Å². The van der Waals surface area contributed by atoms with Crippen LogP contribution in [0.5, 0.6) is 5.75 Å². The highest BCUT2D eigenvalue weighted by molar-refractivity contribution is 6.16. The second-order valence-electron chi connectivity index (χ2n) is 4.63. The molecule has 1 aromatic rings. The maximum atomic E-state index is 5.97. The lowest BCUT2D eigenvalue weighted by atomic mass is 9.89. The molecule has 0 radical (unpaired) electrons. The summed E-state index contributed by atoms with van der Waals surface area (Å²) in [6.07, 6.45) is 7.08. The zero-order valence-electron chi connectivity index (χ0n) is 9.66. The predicted molar refractivity (Wildman–Crippen MR) is 65.8 cm³/mol. The van der Waals surface area contributed by atoms with Gasteiger partial charge in [0.05, 0.1) is 17.7 Å². The Morgan fingerprint density at radius 3 is 3.12 bits per heavy atom. The van der Waals surface area contributed by atoms with Crippen LogP contribution in [0.15, 0.2) is 18.3 Å². The fourth-order valence-electron chi connectivity index (χ4n) is 2.28. The van der Waals surface area contributed by atoms with Gasteiger partial charge in [-0.05, 0) is 31.2 Å². The molecule has 2 unspecified atom stereocenters. The molecular formula is C13H18ClNO. The Morgan fingerprint density at radius 2 is 2.38 bits per heavy atom. The van der Waals surface area contributed by atoms with Crippen molar-refractivity contribution in [3.05, 3.63) is 24.0 Å². The number of aromatic nitrogens is 1. The van der Waals surface area contributed by atoms with E-state index in [-0.39, 0.29) is 0 Å². The maximum Gasteiger partial charge on any atom is 0.123 e. The lowest BCUT2D eigenvalue weighted by Gasteiger charge is -2.27. The molecule has 1 heterocycles. The van der Waals surface area contributed by atoms with Crippen LogP contribution < -0.4 is 4.74 Å². The van der Waals surface area contributed by atoms with Crippen molar-refractivity contribution in [1.82, 2.24) is 4.98 Å². The number of nitrogens with zero attached hydrogens (tertiary/aromatic N) is 1. The fraction of sp³-hybridized carbons (Fsp3) is 0.615. The van der Waals surface area contributed by atoms with Gasteiger partial charge in [-0.2, -0.15) is 0 Å². The van der Waals surface area contributed by atoms with Crippen molar-refractivity contribution in [2.24, 2.45) is 5.92 Å². The van der Waals surface area contributed by atoms with Gasteiger partial charge >= 0.3 is 0 Å². The Morgan fingerprint density at radius 1 is 1.50 bits per heavy atom. The van der Waals surface area contributed by atoms with Gasteiger partial charge in [-0.15, -0.1) is 11.6 Å². The quantitative estimate of drug-likeness (QED) is 0.749. The minimum atomic E-state index is 0.370. The summed E-state index contributed by atoms with van der Waals surface area (Å²) in [6.45, 7) is 2.30. The molecule has 0 amide bonds. The number of hydrogen-bond acceptors (Lipinski definition) is 2. The van der Waals surface area contributed by atoms with Crippen LogP contribution in [0.25, 0.3) is 0 Å². The monoisotopic (exact) mass is 239 g/mol. The standard InChI is InChI=1S/C13H18ClNO/c1-10-3-2-4-12(7-10)16-13-5-6-15-11(8-13)9-14/h5-6,8,10,12H,2-4,7,9H2,1H3. The van der Waals surface area contributed by atoms with Crippen LogP contribution in [-0.2, 0) is 5.88 Å². The molecule has 0 aliphatic heterocycles. The smallest absolute Gasteiger partial charge is 0.123 e. The van der Waals surface area contributed by atoms with Gasteiger partial charge in [0, 0.05) is 12.3 Å². The van der Waals surface area contributed by atoms with Gasteiger partial charge in [0.25, 0.3) is 0 Å². The number of halogens is 1. The average Bonchev–Trinajstić information content (AvgIpc) is 2.29. The van der Waals surface area contributed by atoms with E-state index in [1.807, 2.05) is 12.1 Å². The normalized spacial score (nSPS) is 25.4. The number of pyridine rings is 1. The van der Waals surface area contributed by atoms with Crippen LogP contribution in [-0.4, -0.2) is 11.1 Å². The molecule has 1 aliphatic carbocycles. The molecule has 1 fully saturated rings. The van der Waals surface area contributed by atoms with E-state index >= 15 is 0 Å². The molecule has 1 saturated carbocycles. The molecule has 0 spiro atoms. The zero-order valence-corrected chi connectivity index (χ0v) is 10.4. The number of rotatable bonds is 3. The Kier molecular flexibility index (Phi) is 4.05. The van der Waals surface area contributed by atoms with Crippen molar-refractivity contribution in [2.45, 2.75) is 44.6 Å². The van der Waals surface area contributed by atoms with E-state index in [2.05, 4.69) is 11.9 Å². The van der Waals surface area contributed by atoms with Crippen LogP contribution in [0.4, 0.5) is 0 Å². The minimum Gasteiger partial charge on any atom is -0.490 e. The molecule has 1 aromatic heterocycles. The summed E-state index contributed by atoms with van der Waals surface area (Å²) in [5, 5.41) is 0. The van der Waals surface area contributed by atoms with E-state index in [4.69, 9.17) is 16.3 Å². The summed E-state index contributed by atoms with van der Waals surface area (Å²) in [4.78, 5) is 4.15. The van der Waals surface area contributed by atoms with Crippen molar-refractivity contribution in [1.29, 1.82) is 0 Å². The largest absolute Gasteiger partial charge is 0.490 e. The predicted octanol–water partition coefficient (Wildman–Crippen LogP) is 3.78. The molecule has 0 bridgehead atoms. The first-order valence-electron chi connectivity index (χ1n) is 5.95. The fourth-order valence-corrected chi connectivity index (χ4v) is 2.43. The zero-order chi connectivity index (χ0) is 11.4. The van der Waals surface area contributed by atoms with Gasteiger partial charge in [-0.1, -0.05) is 13.3 Å². The van der Waals surface area contributed by atoms with Crippen LogP contribution in [0.3, 0.4) is 0 Å². The van der Waals surface area contributed by atoms with Gasteiger partial charge in [0.1, 0.15) is 5.75 Å². The Labute approximate surface area is 102 Å². The highest BCUT2D eigenvalue weighted by Gasteiger charge is 2.20. The molecule has 2 nitrogen and oxygen atoms in total. The summed E-state index contributed by atoms with van der Waals surface area (Å²) in [7, 11) is 0. The minimum absolute atomic E-state index is 0.370. The first-order valence-corrected chi connectivity index (χ1v) is 6.49. The highest BCUT2D eigenvalue weighted by Crippen LogP contribution is 2.27. The van der Waals surface area contributed by atoms with Crippen molar-refractivity contribution in [3.8, 4) is 5.75 Å². The molecule has 2 atom stereocenters. The first-order chi connectivity index (χ1) is 7.78. The second kappa shape index (κ2) is 5.53. The molecule has 88 valence electrons. The summed E-state index contributed by atoms with van der Waals surface area (Å²) < 4.78 is 5.97. The molecule has 0 saturated heterocycles. The Balaban J connectivity index is 1.97. The first kappa shape index (κ1) is 11.7. The number of hydrogen-bond donors (Lipinski definition) is 0. The van der Waals surface area contributed by atoms with Crippen molar-refractivity contribution in [2.75, 3.05) is 0 Å². The molecule has 0 N–H and O–H groups in total. The lowest BCUT2D eigenvalue weighted by molar-refractivity contribution is 0.129.